The molecule has 0 unspecified atom stereocenters. The third-order valence-corrected chi connectivity index (χ3v) is 5.30. The molecular formula is C20H19N7O3S. The molecule has 0 fully saturated rings. The molecule has 11 heteroatoms. The van der Waals surface area contributed by atoms with Crippen LogP contribution in [0.3, 0.4) is 0 Å². The van der Waals surface area contributed by atoms with Gasteiger partial charge in [-0.1, -0.05) is 18.3 Å². The van der Waals surface area contributed by atoms with E-state index in [0.717, 1.165) is 16.9 Å². The number of carbonyl (C=O) groups excluding carboxylic acids is 2. The zero-order valence-electron chi connectivity index (χ0n) is 16.7. The summed E-state index contributed by atoms with van der Waals surface area (Å²) in [6.07, 6.45) is 0.726. The first-order valence-corrected chi connectivity index (χ1v) is 10.2. The molecular weight excluding hydrogens is 418 g/mol. The Labute approximate surface area is 181 Å². The minimum atomic E-state index is -0.646. The topological polar surface area (TPSA) is 139 Å². The number of hydrogen-bond donors (Lipinski definition) is 3. The van der Waals surface area contributed by atoms with Crippen molar-refractivity contribution in [3.05, 3.63) is 47.5 Å². The van der Waals surface area contributed by atoms with Gasteiger partial charge in [0.1, 0.15) is 16.5 Å². The maximum Gasteiger partial charge on any atom is 0.325 e. The zero-order valence-corrected chi connectivity index (χ0v) is 17.6. The zero-order chi connectivity index (χ0) is 22.0. The van der Waals surface area contributed by atoms with Gasteiger partial charge in [0.2, 0.25) is 17.0 Å². The Morgan fingerprint density at radius 3 is 2.55 bits per heavy atom. The summed E-state index contributed by atoms with van der Waals surface area (Å²) in [6, 6.07) is 11.6. The van der Waals surface area contributed by atoms with Gasteiger partial charge in [-0.3, -0.25) is 10.1 Å². The second-order valence-electron chi connectivity index (χ2n) is 6.55. The van der Waals surface area contributed by atoms with E-state index in [0.29, 0.717) is 33.8 Å². The summed E-state index contributed by atoms with van der Waals surface area (Å²) in [5.74, 6) is 1.32. The van der Waals surface area contributed by atoms with E-state index in [9.17, 15) is 9.59 Å². The predicted molar refractivity (Wildman–Crippen MR) is 118 cm³/mol. The monoisotopic (exact) mass is 437 g/mol. The van der Waals surface area contributed by atoms with Crippen molar-refractivity contribution < 1.29 is 14.3 Å². The molecule has 2 aromatic carbocycles. The number of primary amides is 1. The van der Waals surface area contributed by atoms with Crippen molar-refractivity contribution in [2.24, 2.45) is 5.73 Å². The molecule has 0 bridgehead atoms. The summed E-state index contributed by atoms with van der Waals surface area (Å²) in [5, 5.41) is 11.9. The quantitative estimate of drug-likeness (QED) is 0.417. The first-order chi connectivity index (χ1) is 14.9. The van der Waals surface area contributed by atoms with Gasteiger partial charge in [-0.25, -0.2) is 14.7 Å². The van der Waals surface area contributed by atoms with Gasteiger partial charge < -0.3 is 15.5 Å². The normalized spacial score (nSPS) is 10.8. The largest absolute Gasteiger partial charge is 0.457 e. The molecule has 31 heavy (non-hydrogen) atoms. The number of aromatic amines is 1. The predicted octanol–water partition coefficient (Wildman–Crippen LogP) is 3.94. The van der Waals surface area contributed by atoms with Crippen molar-refractivity contribution in [3.8, 4) is 11.5 Å². The highest BCUT2D eigenvalue weighted by molar-refractivity contribution is 7.15. The summed E-state index contributed by atoms with van der Waals surface area (Å²) >= 11 is 1.31. The minimum absolute atomic E-state index is 0.208. The van der Waals surface area contributed by atoms with E-state index < -0.39 is 6.03 Å². The number of nitrogens with zero attached hydrogens (tertiary/aromatic N) is 4. The van der Waals surface area contributed by atoms with Crippen molar-refractivity contribution in [1.29, 1.82) is 0 Å². The fraction of sp³-hybridized carbons (Fsp3) is 0.150. The first-order valence-electron chi connectivity index (χ1n) is 9.40. The number of urea groups is 1. The van der Waals surface area contributed by atoms with E-state index in [2.05, 4.69) is 25.5 Å². The molecule has 10 nitrogen and oxygen atoms in total. The number of aromatic nitrogens is 4. The number of amides is 3. The van der Waals surface area contributed by atoms with Crippen LogP contribution in [-0.2, 0) is 11.2 Å². The molecule has 4 N–H and O–H groups in total. The molecule has 0 aliphatic rings. The van der Waals surface area contributed by atoms with Gasteiger partial charge in [0.15, 0.2) is 0 Å². The average molecular weight is 437 g/mol. The Morgan fingerprint density at radius 2 is 1.90 bits per heavy atom. The maximum atomic E-state index is 12.0. The van der Waals surface area contributed by atoms with Crippen LogP contribution in [0.25, 0.3) is 11.0 Å². The molecule has 2 aromatic heterocycles. The van der Waals surface area contributed by atoms with Gasteiger partial charge in [-0.2, -0.15) is 0 Å². The number of hydrogen-bond acceptors (Lipinski definition) is 7. The highest BCUT2D eigenvalue weighted by atomic mass is 32.1. The van der Waals surface area contributed by atoms with E-state index in [1.54, 1.807) is 42.5 Å². The molecule has 0 aliphatic carbocycles. The SMILES string of the molecule is CCc1nnc(N(C(N)=O)c2ccc(Oc3ccc4nc(NC(C)=O)[nH]c4c3)cc2)s1. The summed E-state index contributed by atoms with van der Waals surface area (Å²) < 4.78 is 5.90. The van der Waals surface area contributed by atoms with Gasteiger partial charge in [0, 0.05) is 13.0 Å². The minimum Gasteiger partial charge on any atom is -0.457 e. The van der Waals surface area contributed by atoms with Gasteiger partial charge in [-0.15, -0.1) is 10.2 Å². The Hall–Kier alpha value is -3.99. The van der Waals surface area contributed by atoms with Crippen LogP contribution < -0.4 is 20.7 Å². The Balaban J connectivity index is 1.53. The standard InChI is InChI=1S/C20H19N7O3S/c1-3-17-25-26-20(31-17)27(18(21)29)12-4-6-13(7-5-12)30-14-8-9-15-16(10-14)24-19(23-15)22-11(2)28/h4-10H,3H2,1-2H3,(H2,21,29)(H2,22,23,24,28). The third kappa shape index (κ3) is 4.46. The molecule has 4 rings (SSSR count). The van der Waals surface area contributed by atoms with Gasteiger partial charge in [-0.05, 0) is 42.8 Å². The van der Waals surface area contributed by atoms with Crippen LogP contribution in [0.4, 0.5) is 21.6 Å². The molecule has 2 heterocycles. The first kappa shape index (κ1) is 20.3. The van der Waals surface area contributed by atoms with E-state index >= 15 is 0 Å². The van der Waals surface area contributed by atoms with Crippen LogP contribution in [-0.4, -0.2) is 32.1 Å². The molecule has 0 atom stereocenters. The number of anilines is 3. The molecule has 4 aromatic rings. The number of rotatable bonds is 6. The van der Waals surface area contributed by atoms with Crippen molar-refractivity contribution >= 4 is 51.1 Å². The van der Waals surface area contributed by atoms with Crippen molar-refractivity contribution in [1.82, 2.24) is 20.2 Å². The highest BCUT2D eigenvalue weighted by Gasteiger charge is 2.19. The van der Waals surface area contributed by atoms with Crippen LogP contribution in [0.5, 0.6) is 11.5 Å². The van der Waals surface area contributed by atoms with Crippen LogP contribution in [0.1, 0.15) is 18.9 Å². The van der Waals surface area contributed by atoms with Gasteiger partial charge in [0.25, 0.3) is 0 Å². The molecule has 0 spiro atoms. The molecule has 0 saturated carbocycles. The van der Waals surface area contributed by atoms with Crippen molar-refractivity contribution in [2.45, 2.75) is 20.3 Å². The fourth-order valence-corrected chi connectivity index (χ4v) is 3.69. The summed E-state index contributed by atoms with van der Waals surface area (Å²) in [7, 11) is 0. The van der Waals surface area contributed by atoms with E-state index in [-0.39, 0.29) is 5.91 Å². The fourth-order valence-electron chi connectivity index (χ4n) is 2.89. The number of carbonyl (C=O) groups is 2. The summed E-state index contributed by atoms with van der Waals surface area (Å²) in [5.41, 5.74) is 7.54. The molecule has 158 valence electrons. The highest BCUT2D eigenvalue weighted by Crippen LogP contribution is 2.31. The molecule has 3 amide bonds. The third-order valence-electron chi connectivity index (χ3n) is 4.25. The Bertz CT molecular complexity index is 1250. The van der Waals surface area contributed by atoms with Crippen LogP contribution in [0.15, 0.2) is 42.5 Å². The lowest BCUT2D eigenvalue weighted by molar-refractivity contribution is -0.114. The number of nitrogens with one attached hydrogen (secondary N) is 2. The van der Waals surface area contributed by atoms with Gasteiger partial charge in [0.05, 0.1) is 16.7 Å². The second-order valence-corrected chi connectivity index (χ2v) is 7.59. The van der Waals surface area contributed by atoms with Crippen molar-refractivity contribution in [3.63, 3.8) is 0 Å². The number of benzene rings is 2. The van der Waals surface area contributed by atoms with Crippen LogP contribution in [0.2, 0.25) is 0 Å². The summed E-state index contributed by atoms with van der Waals surface area (Å²) in [4.78, 5) is 31.8. The van der Waals surface area contributed by atoms with Gasteiger partial charge >= 0.3 is 6.03 Å². The number of aryl methyl sites for hydroxylation is 1. The maximum absolute atomic E-state index is 12.0. The second kappa shape index (κ2) is 8.40. The average Bonchev–Trinajstić information content (AvgIpc) is 3.35. The smallest absolute Gasteiger partial charge is 0.325 e. The van der Waals surface area contributed by atoms with E-state index in [4.69, 9.17) is 10.5 Å². The van der Waals surface area contributed by atoms with E-state index in [1.807, 2.05) is 6.92 Å². The van der Waals surface area contributed by atoms with E-state index in [1.165, 1.54) is 23.2 Å². The van der Waals surface area contributed by atoms with Crippen LogP contribution >= 0.6 is 11.3 Å². The van der Waals surface area contributed by atoms with Crippen LogP contribution in [0, 0.1) is 0 Å². The lowest BCUT2D eigenvalue weighted by Crippen LogP contribution is -2.31. The Morgan fingerprint density at radius 1 is 1.16 bits per heavy atom. The number of ether oxygens (including phenoxy) is 1. The molecule has 0 saturated heterocycles. The Kier molecular flexibility index (Phi) is 5.50. The number of nitrogens with two attached hydrogens (primary N) is 1. The number of fused-ring (bicyclic) bond motifs is 1. The van der Waals surface area contributed by atoms with Crippen molar-refractivity contribution in [2.75, 3.05) is 10.2 Å². The lowest BCUT2D eigenvalue weighted by atomic mass is 10.2. The number of H-pyrrole nitrogens is 1. The lowest BCUT2D eigenvalue weighted by Gasteiger charge is -2.17. The molecule has 0 radical (unpaired) electrons. The summed E-state index contributed by atoms with van der Waals surface area (Å²) in [6.45, 7) is 3.38. The number of imidazole rings is 1. The molecule has 0 aliphatic heterocycles.